The van der Waals surface area contributed by atoms with Gasteiger partial charge in [-0.05, 0) is 7.05 Å². The number of likely N-dealkylation sites (N-methyl/N-ethyl adjacent to an activating group) is 1. The number of rotatable bonds is 5. The Kier molecular flexibility index (Phi) is 5.57. The molecule has 110 valence electrons. The molecule has 9 heteroatoms. The molecule has 1 aliphatic rings. The third-order valence-corrected chi connectivity index (χ3v) is 5.05. The molecule has 7 nitrogen and oxygen atoms in total. The van der Waals surface area contributed by atoms with Crippen LogP contribution in [-0.4, -0.2) is 75.4 Å². The summed E-state index contributed by atoms with van der Waals surface area (Å²) in [7, 11) is -0.331. The van der Waals surface area contributed by atoms with Crippen LogP contribution < -0.4 is 5.32 Å². The molecule has 0 aliphatic carbocycles. The largest absolute Gasteiger partial charge is 0.468 e. The lowest BCUT2D eigenvalue weighted by molar-refractivity contribution is -0.141. The molecule has 1 heterocycles. The second-order valence-corrected chi connectivity index (χ2v) is 7.23. The molecule has 1 fully saturated rings. The van der Waals surface area contributed by atoms with E-state index >= 15 is 0 Å². The summed E-state index contributed by atoms with van der Waals surface area (Å²) in [5.74, 6) is -1.10. The Morgan fingerprint density at radius 3 is 2.47 bits per heavy atom. The number of methoxy groups -OCH3 is 1. The van der Waals surface area contributed by atoms with Crippen molar-refractivity contribution >= 4 is 33.3 Å². The van der Waals surface area contributed by atoms with E-state index in [1.54, 1.807) is 7.05 Å². The zero-order valence-corrected chi connectivity index (χ0v) is 12.3. The van der Waals surface area contributed by atoms with Gasteiger partial charge in [0.05, 0.1) is 43.1 Å². The van der Waals surface area contributed by atoms with Gasteiger partial charge in [0.1, 0.15) is 0 Å². The van der Waals surface area contributed by atoms with Crippen LogP contribution in [0.5, 0.6) is 0 Å². The van der Waals surface area contributed by atoms with Crippen molar-refractivity contribution in [1.29, 1.82) is 0 Å². The van der Waals surface area contributed by atoms with Gasteiger partial charge in [-0.25, -0.2) is 8.42 Å². The third-order valence-electron chi connectivity index (χ3n) is 2.67. The minimum absolute atomic E-state index is 0.0167. The van der Waals surface area contributed by atoms with Crippen LogP contribution in [0.15, 0.2) is 0 Å². The van der Waals surface area contributed by atoms with Crippen molar-refractivity contribution in [1.82, 2.24) is 10.2 Å². The molecule has 1 N–H and O–H groups in total. The van der Waals surface area contributed by atoms with Gasteiger partial charge in [0.2, 0.25) is 5.91 Å². The van der Waals surface area contributed by atoms with E-state index in [0.29, 0.717) is 0 Å². The molecule has 19 heavy (non-hydrogen) atoms. The zero-order chi connectivity index (χ0) is 14.6. The summed E-state index contributed by atoms with van der Waals surface area (Å²) >= 11 is 5.87. The Balaban J connectivity index is 2.42. The molecule has 2 atom stereocenters. The Bertz CT molecular complexity index is 453. The number of nitrogens with one attached hydrogen (secondary N) is 1. The van der Waals surface area contributed by atoms with Crippen molar-refractivity contribution in [3.05, 3.63) is 0 Å². The maximum absolute atomic E-state index is 11.7. The first-order valence-electron chi connectivity index (χ1n) is 5.62. The average molecular weight is 313 g/mol. The average Bonchev–Trinajstić information content (AvgIpc) is 2.50. The fourth-order valence-corrected chi connectivity index (χ4v) is 4.33. The van der Waals surface area contributed by atoms with Gasteiger partial charge in [-0.2, -0.15) is 0 Å². The monoisotopic (exact) mass is 312 g/mol. The Hall–Kier alpha value is -0.860. The fraction of sp³-hybridized carbons (Fsp3) is 0.800. The number of carbonyl (C=O) groups is 2. The highest BCUT2D eigenvalue weighted by Gasteiger charge is 2.37. The molecule has 1 rings (SSSR count). The van der Waals surface area contributed by atoms with Crippen LogP contribution in [0.25, 0.3) is 0 Å². The van der Waals surface area contributed by atoms with Gasteiger partial charge in [0, 0.05) is 0 Å². The molecule has 1 aliphatic heterocycles. The number of sulfone groups is 1. The smallest absolute Gasteiger partial charge is 0.319 e. The summed E-state index contributed by atoms with van der Waals surface area (Å²) in [6.45, 7) is -0.0492. The maximum atomic E-state index is 11.7. The number of hydrogen-bond acceptors (Lipinski definition) is 6. The Labute approximate surface area is 117 Å². The van der Waals surface area contributed by atoms with Crippen LogP contribution in [-0.2, 0) is 24.2 Å². The van der Waals surface area contributed by atoms with Gasteiger partial charge < -0.3 is 10.1 Å². The summed E-state index contributed by atoms with van der Waals surface area (Å²) in [6.07, 6.45) is 0. The number of hydrogen-bond donors (Lipinski definition) is 1. The quantitative estimate of drug-likeness (QED) is 0.496. The predicted molar refractivity (Wildman–Crippen MR) is 69.7 cm³/mol. The van der Waals surface area contributed by atoms with Crippen molar-refractivity contribution in [3.63, 3.8) is 0 Å². The molecule has 2 unspecified atom stereocenters. The van der Waals surface area contributed by atoms with Crippen molar-refractivity contribution < 1.29 is 22.7 Å². The van der Waals surface area contributed by atoms with Crippen LogP contribution in [0.3, 0.4) is 0 Å². The molecule has 0 aromatic carbocycles. The lowest BCUT2D eigenvalue weighted by atomic mass is 10.2. The van der Waals surface area contributed by atoms with Gasteiger partial charge in [0.15, 0.2) is 9.84 Å². The molecular formula is C10H17ClN2O5S. The number of nitrogens with zero attached hydrogens (tertiary/aromatic N) is 1. The molecule has 0 bridgehead atoms. The SMILES string of the molecule is COC(=O)CN(C)CC(=O)NC1CS(=O)(=O)CC1Cl. The van der Waals surface area contributed by atoms with Gasteiger partial charge >= 0.3 is 5.97 Å². The van der Waals surface area contributed by atoms with E-state index in [-0.39, 0.29) is 30.5 Å². The molecule has 0 radical (unpaired) electrons. The summed E-state index contributed by atoms with van der Waals surface area (Å²) in [5.41, 5.74) is 0. The summed E-state index contributed by atoms with van der Waals surface area (Å²) < 4.78 is 27.1. The van der Waals surface area contributed by atoms with Crippen LogP contribution in [0.1, 0.15) is 0 Å². The lowest BCUT2D eigenvalue weighted by Gasteiger charge is -2.18. The topological polar surface area (TPSA) is 92.8 Å². The van der Waals surface area contributed by atoms with Crippen LogP contribution >= 0.6 is 11.6 Å². The van der Waals surface area contributed by atoms with E-state index in [4.69, 9.17) is 11.6 Å². The van der Waals surface area contributed by atoms with Crippen molar-refractivity contribution in [2.45, 2.75) is 11.4 Å². The number of amides is 1. The fourth-order valence-electron chi connectivity index (χ4n) is 1.78. The van der Waals surface area contributed by atoms with Gasteiger partial charge in [0.25, 0.3) is 0 Å². The standard InChI is InChI=1S/C10H17ClN2O5S/c1-13(4-10(15)18-2)3-9(14)12-8-6-19(16,17)5-7(8)11/h7-8H,3-6H2,1-2H3,(H,12,14). The Morgan fingerprint density at radius 2 is 2.00 bits per heavy atom. The predicted octanol–water partition coefficient (Wildman–Crippen LogP) is -1.39. The number of carbonyl (C=O) groups excluding carboxylic acids is 2. The second-order valence-electron chi connectivity index (χ2n) is 4.52. The van der Waals surface area contributed by atoms with E-state index in [9.17, 15) is 18.0 Å². The molecule has 0 aromatic heterocycles. The summed E-state index contributed by atoms with van der Waals surface area (Å²) in [6, 6.07) is -0.578. The van der Waals surface area contributed by atoms with Crippen LogP contribution in [0.2, 0.25) is 0 Å². The van der Waals surface area contributed by atoms with Crippen LogP contribution in [0, 0.1) is 0 Å². The summed E-state index contributed by atoms with van der Waals surface area (Å²) in [4.78, 5) is 24.1. The van der Waals surface area contributed by atoms with E-state index < -0.39 is 27.2 Å². The normalized spacial score (nSPS) is 25.3. The first-order chi connectivity index (χ1) is 8.73. The molecule has 0 aromatic rings. The number of ether oxygens (including phenoxy) is 1. The number of esters is 1. The van der Waals surface area contributed by atoms with Crippen molar-refractivity contribution in [2.75, 3.05) is 38.8 Å². The van der Waals surface area contributed by atoms with E-state index in [1.807, 2.05) is 0 Å². The van der Waals surface area contributed by atoms with E-state index in [1.165, 1.54) is 12.0 Å². The first-order valence-corrected chi connectivity index (χ1v) is 7.88. The maximum Gasteiger partial charge on any atom is 0.319 e. The van der Waals surface area contributed by atoms with E-state index in [0.717, 1.165) is 0 Å². The molecule has 1 amide bonds. The minimum atomic E-state index is -3.18. The molecule has 0 saturated carbocycles. The molecule has 1 saturated heterocycles. The van der Waals surface area contributed by atoms with Crippen molar-refractivity contribution in [3.8, 4) is 0 Å². The molecule has 0 spiro atoms. The van der Waals surface area contributed by atoms with Crippen molar-refractivity contribution in [2.24, 2.45) is 0 Å². The highest BCUT2D eigenvalue weighted by molar-refractivity contribution is 7.91. The van der Waals surface area contributed by atoms with E-state index in [2.05, 4.69) is 10.1 Å². The second kappa shape index (κ2) is 6.53. The highest BCUT2D eigenvalue weighted by Crippen LogP contribution is 2.17. The lowest BCUT2D eigenvalue weighted by Crippen LogP contribution is -2.45. The zero-order valence-electron chi connectivity index (χ0n) is 10.8. The van der Waals surface area contributed by atoms with Gasteiger partial charge in [-0.15, -0.1) is 11.6 Å². The number of alkyl halides is 1. The van der Waals surface area contributed by atoms with Crippen LogP contribution in [0.4, 0.5) is 0 Å². The number of halogens is 1. The first kappa shape index (κ1) is 16.2. The minimum Gasteiger partial charge on any atom is -0.468 e. The Morgan fingerprint density at radius 1 is 1.37 bits per heavy atom. The highest BCUT2D eigenvalue weighted by atomic mass is 35.5. The molecular weight excluding hydrogens is 296 g/mol. The third kappa shape index (κ3) is 5.33. The van der Waals surface area contributed by atoms with Gasteiger partial charge in [-0.1, -0.05) is 0 Å². The summed E-state index contributed by atoms with van der Waals surface area (Å²) in [5, 5.41) is 1.95. The van der Waals surface area contributed by atoms with Gasteiger partial charge in [-0.3, -0.25) is 14.5 Å².